The number of rotatable bonds is 12. The third-order valence-corrected chi connectivity index (χ3v) is 13.6. The first-order valence-corrected chi connectivity index (χ1v) is 22.8. The minimum Gasteiger partial charge on any atom is -0.392 e. The van der Waals surface area contributed by atoms with Gasteiger partial charge in [0.25, 0.3) is 0 Å². The highest BCUT2D eigenvalue weighted by molar-refractivity contribution is 6.01. The van der Waals surface area contributed by atoms with E-state index in [1.54, 1.807) is 37.5 Å². The summed E-state index contributed by atoms with van der Waals surface area (Å²) < 4.78 is 16.5. The molecular weight excluding hydrogens is 840 g/mol. The Bertz CT molecular complexity index is 2890. The standard InChI is InChI=1S/C55H51FN8O3/c1-39(65)54(28-31-61(38-54)37-50(66)63-34-32-62(33-35-63)47-25-20-41(21-26-47)52-57-29-11-30-58-52)53(67)59-46-24-27-49-48(36-46)51(40-18-22-45(56)23-19-40)60-64(49)55(42-12-5-2-6-13-42,43-14-7-3-8-15-43)44-16-9-4-10-17-44/h2-27,29-30,36,39,65H,28,31-35,37-38H2,1H3,(H,59,67). The van der Waals surface area contributed by atoms with Crippen LogP contribution in [0.3, 0.4) is 0 Å². The molecule has 2 saturated heterocycles. The molecule has 2 atom stereocenters. The van der Waals surface area contributed by atoms with Crippen LogP contribution in [0, 0.1) is 11.2 Å². The van der Waals surface area contributed by atoms with Crippen LogP contribution in [0.1, 0.15) is 30.0 Å². The molecule has 0 aliphatic carbocycles. The third-order valence-electron chi connectivity index (χ3n) is 13.6. The Morgan fingerprint density at radius 1 is 0.716 bits per heavy atom. The molecule has 6 aromatic carbocycles. The normalized spacial score (nSPS) is 17.1. The second-order valence-corrected chi connectivity index (χ2v) is 17.5. The van der Waals surface area contributed by atoms with Gasteiger partial charge in [-0.15, -0.1) is 0 Å². The highest BCUT2D eigenvalue weighted by Gasteiger charge is 2.49. The molecule has 2 fully saturated rings. The Morgan fingerprint density at radius 2 is 1.30 bits per heavy atom. The molecule has 11 nitrogen and oxygen atoms in total. The Morgan fingerprint density at radius 3 is 1.88 bits per heavy atom. The van der Waals surface area contributed by atoms with Gasteiger partial charge in [0.05, 0.1) is 23.6 Å². The average Bonchev–Trinajstić information content (AvgIpc) is 3.99. The number of aliphatic hydroxyl groups excluding tert-OH is 1. The number of benzene rings is 6. The second kappa shape index (κ2) is 18.4. The van der Waals surface area contributed by atoms with E-state index >= 15 is 0 Å². The van der Waals surface area contributed by atoms with Crippen molar-refractivity contribution in [1.82, 2.24) is 29.5 Å². The number of halogens is 1. The van der Waals surface area contributed by atoms with E-state index in [0.29, 0.717) is 61.9 Å². The fourth-order valence-electron chi connectivity index (χ4n) is 9.97. The van der Waals surface area contributed by atoms with Crippen molar-refractivity contribution in [2.75, 3.05) is 56.0 Å². The number of piperazine rings is 1. The molecule has 67 heavy (non-hydrogen) atoms. The van der Waals surface area contributed by atoms with Gasteiger partial charge in [-0.1, -0.05) is 91.0 Å². The Balaban J connectivity index is 0.906. The maximum absolute atomic E-state index is 14.6. The van der Waals surface area contributed by atoms with E-state index in [1.165, 1.54) is 12.1 Å². The first kappa shape index (κ1) is 43.4. The minimum absolute atomic E-state index is 0.00592. The van der Waals surface area contributed by atoms with Gasteiger partial charge >= 0.3 is 0 Å². The highest BCUT2D eigenvalue weighted by Crippen LogP contribution is 2.45. The zero-order valence-electron chi connectivity index (χ0n) is 37.2. The summed E-state index contributed by atoms with van der Waals surface area (Å²) in [6.45, 7) is 5.10. The highest BCUT2D eigenvalue weighted by atomic mass is 19.1. The van der Waals surface area contributed by atoms with Crippen molar-refractivity contribution < 1.29 is 19.1 Å². The van der Waals surface area contributed by atoms with Gasteiger partial charge in [0.1, 0.15) is 17.1 Å². The molecule has 12 heteroatoms. The number of likely N-dealkylation sites (tertiary alicyclic amines) is 1. The van der Waals surface area contributed by atoms with Crippen LogP contribution in [0.5, 0.6) is 0 Å². The van der Waals surface area contributed by atoms with Crippen molar-refractivity contribution >= 4 is 34.1 Å². The lowest BCUT2D eigenvalue weighted by Gasteiger charge is -2.37. The van der Waals surface area contributed by atoms with E-state index in [2.05, 4.69) is 73.4 Å². The lowest BCUT2D eigenvalue weighted by molar-refractivity contribution is -0.134. The van der Waals surface area contributed by atoms with E-state index < -0.39 is 17.1 Å². The van der Waals surface area contributed by atoms with Gasteiger partial charge in [-0.2, -0.15) is 5.10 Å². The van der Waals surface area contributed by atoms with E-state index in [1.807, 2.05) is 94.7 Å². The van der Waals surface area contributed by atoms with Crippen LogP contribution in [-0.2, 0) is 15.1 Å². The molecule has 2 unspecified atom stereocenters. The molecule has 0 radical (unpaired) electrons. The predicted octanol–water partition coefficient (Wildman–Crippen LogP) is 8.50. The number of nitrogens with one attached hydrogen (secondary N) is 1. The van der Waals surface area contributed by atoms with E-state index in [4.69, 9.17) is 5.10 Å². The Kier molecular flexibility index (Phi) is 11.9. The first-order valence-electron chi connectivity index (χ1n) is 22.8. The smallest absolute Gasteiger partial charge is 0.236 e. The number of fused-ring (bicyclic) bond motifs is 1. The van der Waals surface area contributed by atoms with Gasteiger partial charge in [0.15, 0.2) is 5.82 Å². The number of hydrogen-bond donors (Lipinski definition) is 2. The largest absolute Gasteiger partial charge is 0.392 e. The molecule has 2 aliphatic rings. The molecule has 8 aromatic rings. The SMILES string of the molecule is CC(O)C1(C(=O)Nc2ccc3c(c2)c(-c2ccc(F)cc2)nn3C(c2ccccc2)(c2ccccc2)c2ccccc2)CCN(CC(=O)N2CCN(c3ccc(-c4ncccn4)cc3)CC2)C1. The van der Waals surface area contributed by atoms with E-state index in [-0.39, 0.29) is 30.7 Å². The molecule has 0 saturated carbocycles. The molecule has 0 bridgehead atoms. The van der Waals surface area contributed by atoms with Crippen molar-refractivity contribution in [2.24, 2.45) is 5.41 Å². The zero-order valence-corrected chi connectivity index (χ0v) is 37.2. The van der Waals surface area contributed by atoms with Crippen molar-refractivity contribution in [3.63, 3.8) is 0 Å². The van der Waals surface area contributed by atoms with E-state index in [9.17, 15) is 19.1 Å². The van der Waals surface area contributed by atoms with Crippen molar-refractivity contribution in [3.05, 3.63) is 199 Å². The molecule has 2 aromatic heterocycles. The van der Waals surface area contributed by atoms with Gasteiger partial charge in [-0.3, -0.25) is 14.5 Å². The summed E-state index contributed by atoms with van der Waals surface area (Å²) in [6, 6.07) is 52.8. The van der Waals surface area contributed by atoms with Crippen LogP contribution in [0.25, 0.3) is 33.5 Å². The Labute approximate surface area is 389 Å². The fraction of sp³-hybridized carbons (Fsp3) is 0.218. The lowest BCUT2D eigenvalue weighted by atomic mass is 9.77. The summed E-state index contributed by atoms with van der Waals surface area (Å²) in [5, 5.41) is 20.7. The van der Waals surface area contributed by atoms with Crippen LogP contribution in [-0.4, -0.2) is 98.4 Å². The monoisotopic (exact) mass is 890 g/mol. The number of hydrogen-bond acceptors (Lipinski definition) is 8. The van der Waals surface area contributed by atoms with E-state index in [0.717, 1.165) is 38.8 Å². The van der Waals surface area contributed by atoms with Crippen molar-refractivity contribution in [2.45, 2.75) is 25.0 Å². The number of aromatic nitrogens is 4. The third kappa shape index (κ3) is 8.23. The number of carbonyl (C=O) groups is 2. The van der Waals surface area contributed by atoms with Crippen LogP contribution < -0.4 is 10.2 Å². The summed E-state index contributed by atoms with van der Waals surface area (Å²) in [5.74, 6) is 0.00721. The number of anilines is 2. The van der Waals surface area contributed by atoms with Gasteiger partial charge < -0.3 is 20.2 Å². The zero-order chi connectivity index (χ0) is 46.0. The van der Waals surface area contributed by atoms with Crippen LogP contribution in [0.4, 0.5) is 15.8 Å². The summed E-state index contributed by atoms with van der Waals surface area (Å²) in [6.07, 6.45) is 2.86. The molecular formula is C55H51FN8O3. The molecule has 2 amide bonds. The van der Waals surface area contributed by atoms with Crippen LogP contribution in [0.15, 0.2) is 176 Å². The van der Waals surface area contributed by atoms with Crippen molar-refractivity contribution in [3.8, 4) is 22.6 Å². The molecule has 336 valence electrons. The second-order valence-electron chi connectivity index (χ2n) is 17.5. The first-order chi connectivity index (χ1) is 32.7. The molecule has 10 rings (SSSR count). The minimum atomic E-state index is -1.15. The Hall–Kier alpha value is -7.54. The fourth-order valence-corrected chi connectivity index (χ4v) is 9.97. The van der Waals surface area contributed by atoms with Gasteiger partial charge in [0, 0.05) is 73.0 Å². The maximum Gasteiger partial charge on any atom is 0.236 e. The summed E-state index contributed by atoms with van der Waals surface area (Å²) in [7, 11) is 0. The van der Waals surface area contributed by atoms with Gasteiger partial charge in [0.2, 0.25) is 11.8 Å². The number of aliphatic hydroxyl groups is 1. The number of amides is 2. The summed E-state index contributed by atoms with van der Waals surface area (Å²) in [5.41, 5.74) is 5.56. The summed E-state index contributed by atoms with van der Waals surface area (Å²) in [4.78, 5) is 43.1. The number of carbonyl (C=O) groups excluding carboxylic acids is 2. The van der Waals surface area contributed by atoms with Gasteiger partial charge in [-0.05, 0) is 109 Å². The molecule has 0 spiro atoms. The quantitative estimate of drug-likeness (QED) is 0.117. The topological polar surface area (TPSA) is 120 Å². The lowest BCUT2D eigenvalue weighted by Crippen LogP contribution is -2.52. The van der Waals surface area contributed by atoms with Gasteiger partial charge in [-0.25, -0.2) is 19.0 Å². The molecule has 2 N–H and O–H groups in total. The summed E-state index contributed by atoms with van der Waals surface area (Å²) >= 11 is 0. The predicted molar refractivity (Wildman–Crippen MR) is 260 cm³/mol. The number of nitrogens with zero attached hydrogens (tertiary/aromatic N) is 7. The van der Waals surface area contributed by atoms with Crippen LogP contribution >= 0.6 is 0 Å². The van der Waals surface area contributed by atoms with Crippen molar-refractivity contribution in [1.29, 1.82) is 0 Å². The molecule has 2 aliphatic heterocycles. The molecule has 4 heterocycles. The maximum atomic E-state index is 14.6. The average molecular weight is 891 g/mol. The van der Waals surface area contributed by atoms with Crippen LogP contribution in [0.2, 0.25) is 0 Å².